The number of carbonyl (C=O) groups excluding carboxylic acids is 3. The van der Waals surface area contributed by atoms with Crippen LogP contribution in [0.4, 0.5) is 5.69 Å². The van der Waals surface area contributed by atoms with Crippen molar-refractivity contribution in [2.24, 2.45) is 0 Å². The van der Waals surface area contributed by atoms with Gasteiger partial charge in [0.2, 0.25) is 0 Å². The largest absolute Gasteiger partial charge is 0.321 e. The summed E-state index contributed by atoms with van der Waals surface area (Å²) in [5, 5.41) is 5.51. The third kappa shape index (κ3) is 7.23. The lowest BCUT2D eigenvalue weighted by molar-refractivity contribution is -0.113. The smallest absolute Gasteiger partial charge is 0.272 e. The molecule has 182 valence electrons. The van der Waals surface area contributed by atoms with Crippen LogP contribution >= 0.6 is 0 Å². The molecule has 0 radical (unpaired) electrons. The van der Waals surface area contributed by atoms with Gasteiger partial charge in [-0.2, -0.15) is 0 Å². The highest BCUT2D eigenvalue weighted by atomic mass is 16.2. The lowest BCUT2D eigenvalue weighted by Crippen LogP contribution is -2.30. The number of hydrogen-bond donors (Lipinski definition) is 2. The first-order valence-electron chi connectivity index (χ1n) is 11.8. The Balaban J connectivity index is 1.47. The molecule has 0 aliphatic heterocycles. The van der Waals surface area contributed by atoms with Gasteiger partial charge < -0.3 is 10.6 Å². The summed E-state index contributed by atoms with van der Waals surface area (Å²) in [6.07, 6.45) is 4.91. The molecule has 0 atom stereocenters. The lowest BCUT2D eigenvalue weighted by atomic mass is 10.1. The highest BCUT2D eigenvalue weighted by Crippen LogP contribution is 2.14. The highest BCUT2D eigenvalue weighted by molar-refractivity contribution is 6.11. The average Bonchev–Trinajstić information content (AvgIpc) is 2.93. The van der Waals surface area contributed by atoms with Crippen LogP contribution in [0.1, 0.15) is 37.4 Å². The maximum absolute atomic E-state index is 13.1. The monoisotopic (exact) mass is 486 g/mol. The van der Waals surface area contributed by atoms with Crippen molar-refractivity contribution in [2.45, 2.75) is 6.92 Å². The predicted octanol–water partition coefficient (Wildman–Crippen LogP) is 6.30. The molecule has 4 aromatic carbocycles. The van der Waals surface area contributed by atoms with Crippen LogP contribution in [-0.2, 0) is 4.79 Å². The minimum absolute atomic E-state index is 0.0984. The number of carbonyl (C=O) groups is 3. The predicted molar refractivity (Wildman–Crippen MR) is 148 cm³/mol. The number of aryl methyl sites for hydroxylation is 1. The van der Waals surface area contributed by atoms with Gasteiger partial charge >= 0.3 is 0 Å². The molecule has 0 bridgehead atoms. The Morgan fingerprint density at radius 1 is 0.649 bits per heavy atom. The second-order valence-electron chi connectivity index (χ2n) is 8.43. The number of amides is 2. The van der Waals surface area contributed by atoms with E-state index in [9.17, 15) is 14.4 Å². The van der Waals surface area contributed by atoms with E-state index in [4.69, 9.17) is 0 Å². The van der Waals surface area contributed by atoms with E-state index in [0.717, 1.165) is 16.7 Å². The third-order valence-corrected chi connectivity index (χ3v) is 5.57. The topological polar surface area (TPSA) is 75.3 Å². The molecule has 0 saturated heterocycles. The molecule has 0 aliphatic rings. The summed E-state index contributed by atoms with van der Waals surface area (Å²) in [5.41, 5.74) is 4.40. The summed E-state index contributed by atoms with van der Waals surface area (Å²) in [6.45, 7) is 2.01. The quantitative estimate of drug-likeness (QED) is 0.227. The van der Waals surface area contributed by atoms with Crippen LogP contribution < -0.4 is 10.6 Å². The molecule has 37 heavy (non-hydrogen) atoms. The van der Waals surface area contributed by atoms with E-state index >= 15 is 0 Å². The van der Waals surface area contributed by atoms with Crippen molar-refractivity contribution in [3.8, 4) is 0 Å². The Bertz CT molecular complexity index is 1440. The SMILES string of the molecule is Cc1ccc(/C=C/C(=O)c2ccc(NC(=O)/C(=C/c3ccccc3)NC(=O)c3ccccc3)cc2)cc1. The molecular formula is C32H26N2O3. The standard InChI is InChI=1S/C32H26N2O3/c1-23-12-14-24(15-13-23)16-21-30(35)26-17-19-28(20-18-26)33-32(37)29(22-25-8-4-2-5-9-25)34-31(36)27-10-6-3-7-11-27/h2-22H,1H3,(H,33,37)(H,34,36)/b21-16+,29-22-. The summed E-state index contributed by atoms with van der Waals surface area (Å²) in [6, 6.07) is 32.4. The fourth-order valence-corrected chi connectivity index (χ4v) is 3.52. The van der Waals surface area contributed by atoms with Gasteiger partial charge in [-0.1, -0.05) is 84.4 Å². The minimum Gasteiger partial charge on any atom is -0.321 e. The van der Waals surface area contributed by atoms with Crippen molar-refractivity contribution >= 4 is 35.4 Å². The van der Waals surface area contributed by atoms with Crippen LogP contribution in [0.5, 0.6) is 0 Å². The van der Waals surface area contributed by atoms with E-state index < -0.39 is 5.91 Å². The van der Waals surface area contributed by atoms with E-state index in [2.05, 4.69) is 10.6 Å². The molecule has 5 nitrogen and oxygen atoms in total. The molecule has 4 rings (SSSR count). The van der Waals surface area contributed by atoms with Crippen molar-refractivity contribution in [1.82, 2.24) is 5.32 Å². The van der Waals surface area contributed by atoms with Gasteiger partial charge in [0.25, 0.3) is 11.8 Å². The second-order valence-corrected chi connectivity index (χ2v) is 8.43. The van der Waals surface area contributed by atoms with Crippen LogP contribution in [0.3, 0.4) is 0 Å². The first-order valence-corrected chi connectivity index (χ1v) is 11.8. The Morgan fingerprint density at radius 2 is 1.27 bits per heavy atom. The van der Waals surface area contributed by atoms with E-state index in [0.29, 0.717) is 16.8 Å². The molecule has 0 unspecified atom stereocenters. The number of hydrogen-bond acceptors (Lipinski definition) is 3. The summed E-state index contributed by atoms with van der Waals surface area (Å²) >= 11 is 0. The Kier molecular flexibility index (Phi) is 8.19. The average molecular weight is 487 g/mol. The molecule has 5 heteroatoms. The van der Waals surface area contributed by atoms with Gasteiger partial charge in [-0.3, -0.25) is 14.4 Å². The Labute approximate surface area is 216 Å². The fourth-order valence-electron chi connectivity index (χ4n) is 3.52. The minimum atomic E-state index is -0.480. The van der Waals surface area contributed by atoms with Gasteiger partial charge in [0, 0.05) is 16.8 Å². The number of benzene rings is 4. The zero-order valence-corrected chi connectivity index (χ0v) is 20.3. The zero-order chi connectivity index (χ0) is 26.0. The number of anilines is 1. The number of allylic oxidation sites excluding steroid dienone is 1. The molecule has 0 aromatic heterocycles. The summed E-state index contributed by atoms with van der Waals surface area (Å²) in [7, 11) is 0. The van der Waals surface area contributed by atoms with Crippen molar-refractivity contribution in [2.75, 3.05) is 5.32 Å². The van der Waals surface area contributed by atoms with Gasteiger partial charge in [0.05, 0.1) is 0 Å². The molecule has 4 aromatic rings. The van der Waals surface area contributed by atoms with Gasteiger partial charge in [-0.05, 0) is 66.6 Å². The van der Waals surface area contributed by atoms with Crippen molar-refractivity contribution < 1.29 is 14.4 Å². The highest BCUT2D eigenvalue weighted by Gasteiger charge is 2.15. The molecule has 2 N–H and O–H groups in total. The van der Waals surface area contributed by atoms with Crippen LogP contribution in [-0.4, -0.2) is 17.6 Å². The van der Waals surface area contributed by atoms with Crippen LogP contribution in [0.25, 0.3) is 12.2 Å². The first-order chi connectivity index (χ1) is 18.0. The molecule has 0 aliphatic carbocycles. The number of rotatable bonds is 8. The van der Waals surface area contributed by atoms with Gasteiger partial charge in [0.15, 0.2) is 5.78 Å². The maximum Gasteiger partial charge on any atom is 0.272 e. The van der Waals surface area contributed by atoms with Crippen molar-refractivity contribution in [3.05, 3.63) is 149 Å². The maximum atomic E-state index is 13.1. The molecule has 0 fully saturated rings. The van der Waals surface area contributed by atoms with Crippen LogP contribution in [0.15, 0.2) is 121 Å². The molecular weight excluding hydrogens is 460 g/mol. The number of ketones is 1. The molecule has 0 saturated carbocycles. The Morgan fingerprint density at radius 3 is 1.92 bits per heavy atom. The molecule has 0 spiro atoms. The lowest BCUT2D eigenvalue weighted by Gasteiger charge is -2.12. The zero-order valence-electron chi connectivity index (χ0n) is 20.3. The normalized spacial score (nSPS) is 11.2. The van der Waals surface area contributed by atoms with E-state index in [-0.39, 0.29) is 17.4 Å². The summed E-state index contributed by atoms with van der Waals surface area (Å²) < 4.78 is 0. The van der Waals surface area contributed by atoms with Crippen LogP contribution in [0.2, 0.25) is 0 Å². The Hall–Kier alpha value is -5.03. The summed E-state index contributed by atoms with van der Waals surface area (Å²) in [5.74, 6) is -1.01. The van der Waals surface area contributed by atoms with Gasteiger partial charge in [-0.15, -0.1) is 0 Å². The molecule has 0 heterocycles. The fraction of sp³-hybridized carbons (Fsp3) is 0.0312. The number of nitrogens with one attached hydrogen (secondary N) is 2. The molecule has 2 amide bonds. The first kappa shape index (κ1) is 25.1. The summed E-state index contributed by atoms with van der Waals surface area (Å²) in [4.78, 5) is 38.4. The second kappa shape index (κ2) is 12.1. The van der Waals surface area contributed by atoms with Gasteiger partial charge in [0.1, 0.15) is 5.70 Å². The van der Waals surface area contributed by atoms with E-state index in [1.807, 2.05) is 67.6 Å². The van der Waals surface area contributed by atoms with E-state index in [1.54, 1.807) is 60.7 Å². The van der Waals surface area contributed by atoms with Crippen molar-refractivity contribution in [1.29, 1.82) is 0 Å². The third-order valence-electron chi connectivity index (χ3n) is 5.57. The van der Waals surface area contributed by atoms with Crippen LogP contribution in [0, 0.1) is 6.92 Å². The van der Waals surface area contributed by atoms with Gasteiger partial charge in [-0.25, -0.2) is 0 Å². The van der Waals surface area contributed by atoms with Crippen molar-refractivity contribution in [3.63, 3.8) is 0 Å². The van der Waals surface area contributed by atoms with E-state index in [1.165, 1.54) is 6.08 Å².